The number of carbonyl (C=O) groups excluding carboxylic acids is 1. The van der Waals surface area contributed by atoms with Gasteiger partial charge in [0.15, 0.2) is 0 Å². The van der Waals surface area contributed by atoms with Crippen molar-refractivity contribution in [1.29, 1.82) is 0 Å². The van der Waals surface area contributed by atoms with E-state index in [1.807, 2.05) is 0 Å². The molecule has 4 nitrogen and oxygen atoms in total. The van der Waals surface area contributed by atoms with Crippen LogP contribution in [0.25, 0.3) is 0 Å². The summed E-state index contributed by atoms with van der Waals surface area (Å²) in [7, 11) is 0. The molecule has 4 rings (SSSR count). The van der Waals surface area contributed by atoms with E-state index in [9.17, 15) is 4.79 Å². The molecule has 1 aromatic carbocycles. The molecule has 2 heterocycles. The predicted molar refractivity (Wildman–Crippen MR) is 119 cm³/mol. The second-order valence-electron chi connectivity index (χ2n) is 8.27. The molecule has 0 spiro atoms. The lowest BCUT2D eigenvalue weighted by atomic mass is 9.88. The molecule has 5 heteroatoms. The molecule has 2 aromatic rings. The van der Waals surface area contributed by atoms with Crippen molar-refractivity contribution in [1.82, 2.24) is 4.90 Å². The molecule has 0 bridgehead atoms. The molecule has 1 N–H and O–H groups in total. The quantitative estimate of drug-likeness (QED) is 0.820. The Morgan fingerprint density at radius 1 is 1.25 bits per heavy atom. The highest BCUT2D eigenvalue weighted by Gasteiger charge is 2.23. The molecule has 1 saturated heterocycles. The minimum atomic E-state index is 0.0412. The Morgan fingerprint density at radius 2 is 2.04 bits per heavy atom. The number of hydrogen-bond acceptors (Lipinski definition) is 4. The van der Waals surface area contributed by atoms with Crippen LogP contribution in [-0.2, 0) is 12.8 Å². The van der Waals surface area contributed by atoms with Crippen LogP contribution in [0.15, 0.2) is 23.6 Å². The molecule has 1 atom stereocenters. The van der Waals surface area contributed by atoms with E-state index in [2.05, 4.69) is 59.5 Å². The highest BCUT2D eigenvalue weighted by atomic mass is 32.1. The standard InChI is InChI=1S/C23H31N3OS/c1-4-25-9-11-26(12-10-25)18-6-8-21(17(3)14-18)24-23(27)20-15-28-22-13-16(2)5-7-19(20)22/h6,8,14-16H,4-5,7,9-13H2,1-3H3,(H,24,27). The van der Waals surface area contributed by atoms with Crippen LogP contribution in [0, 0.1) is 12.8 Å². The molecule has 0 saturated carbocycles. The first-order valence-electron chi connectivity index (χ1n) is 10.5. The fraction of sp³-hybridized carbons (Fsp3) is 0.522. The molecule has 1 aliphatic heterocycles. The molecule has 1 aromatic heterocycles. The van der Waals surface area contributed by atoms with Gasteiger partial charge in [-0.15, -0.1) is 11.3 Å². The third-order valence-electron chi connectivity index (χ3n) is 6.29. The maximum atomic E-state index is 12.9. The Bertz CT molecular complexity index is 852. The molecule has 150 valence electrons. The summed E-state index contributed by atoms with van der Waals surface area (Å²) in [4.78, 5) is 19.3. The highest BCUT2D eigenvalue weighted by molar-refractivity contribution is 7.10. The lowest BCUT2D eigenvalue weighted by molar-refractivity contribution is 0.102. The number of thiophene rings is 1. The highest BCUT2D eigenvalue weighted by Crippen LogP contribution is 2.33. The zero-order valence-electron chi connectivity index (χ0n) is 17.3. The maximum absolute atomic E-state index is 12.9. The Balaban J connectivity index is 1.45. The lowest BCUT2D eigenvalue weighted by Gasteiger charge is -2.35. The van der Waals surface area contributed by atoms with Crippen LogP contribution in [0.2, 0.25) is 0 Å². The molecule has 2 aliphatic rings. The topological polar surface area (TPSA) is 35.6 Å². The Hall–Kier alpha value is -1.85. The van der Waals surface area contributed by atoms with Crippen molar-refractivity contribution < 1.29 is 4.79 Å². The third kappa shape index (κ3) is 3.96. The average Bonchev–Trinajstić information content (AvgIpc) is 3.12. The fourth-order valence-electron chi connectivity index (χ4n) is 4.36. The molecular formula is C23H31N3OS. The lowest BCUT2D eigenvalue weighted by Crippen LogP contribution is -2.46. The first kappa shape index (κ1) is 19.5. The summed E-state index contributed by atoms with van der Waals surface area (Å²) in [6, 6.07) is 6.42. The second kappa shape index (κ2) is 8.26. The maximum Gasteiger partial charge on any atom is 0.256 e. The SMILES string of the molecule is CCN1CCN(c2ccc(NC(=O)c3csc4c3CCC(C)C4)c(C)c2)CC1. The zero-order chi connectivity index (χ0) is 19.7. The van der Waals surface area contributed by atoms with E-state index in [1.165, 1.54) is 22.5 Å². The minimum absolute atomic E-state index is 0.0412. The zero-order valence-corrected chi connectivity index (χ0v) is 18.1. The van der Waals surface area contributed by atoms with E-state index in [4.69, 9.17) is 0 Å². The van der Waals surface area contributed by atoms with E-state index < -0.39 is 0 Å². The van der Waals surface area contributed by atoms with Gasteiger partial charge in [0.05, 0.1) is 5.56 Å². The van der Waals surface area contributed by atoms with Gasteiger partial charge in [0.1, 0.15) is 0 Å². The molecule has 28 heavy (non-hydrogen) atoms. The number of piperazine rings is 1. The van der Waals surface area contributed by atoms with Crippen LogP contribution in [0.3, 0.4) is 0 Å². The monoisotopic (exact) mass is 397 g/mol. The van der Waals surface area contributed by atoms with Crippen LogP contribution < -0.4 is 10.2 Å². The van der Waals surface area contributed by atoms with Gasteiger partial charge in [-0.2, -0.15) is 0 Å². The van der Waals surface area contributed by atoms with Gasteiger partial charge in [-0.05, 0) is 68.0 Å². The van der Waals surface area contributed by atoms with Gasteiger partial charge < -0.3 is 15.1 Å². The number of fused-ring (bicyclic) bond motifs is 1. The van der Waals surface area contributed by atoms with E-state index in [1.54, 1.807) is 11.3 Å². The van der Waals surface area contributed by atoms with Crippen molar-refractivity contribution in [3.05, 3.63) is 45.1 Å². The third-order valence-corrected chi connectivity index (χ3v) is 7.34. The van der Waals surface area contributed by atoms with Crippen LogP contribution in [0.5, 0.6) is 0 Å². The Kier molecular flexibility index (Phi) is 5.74. The van der Waals surface area contributed by atoms with Crippen molar-refractivity contribution in [2.24, 2.45) is 5.92 Å². The van der Waals surface area contributed by atoms with E-state index in [-0.39, 0.29) is 5.91 Å². The van der Waals surface area contributed by atoms with Gasteiger partial charge in [-0.1, -0.05) is 13.8 Å². The van der Waals surface area contributed by atoms with Crippen LogP contribution >= 0.6 is 11.3 Å². The van der Waals surface area contributed by atoms with Gasteiger partial charge in [-0.25, -0.2) is 0 Å². The number of amides is 1. The molecule has 1 amide bonds. The van der Waals surface area contributed by atoms with E-state index in [0.29, 0.717) is 0 Å². The summed E-state index contributed by atoms with van der Waals surface area (Å²) in [5.41, 5.74) is 5.47. The smallest absolute Gasteiger partial charge is 0.256 e. The molecular weight excluding hydrogens is 366 g/mol. The first-order valence-corrected chi connectivity index (χ1v) is 11.4. The van der Waals surface area contributed by atoms with E-state index in [0.717, 1.165) is 68.3 Å². The normalized spacial score (nSPS) is 20.1. The van der Waals surface area contributed by atoms with Gasteiger partial charge in [0.25, 0.3) is 5.91 Å². The Labute approximate surface area is 172 Å². The summed E-state index contributed by atoms with van der Waals surface area (Å²) < 4.78 is 0. The van der Waals surface area contributed by atoms with Crippen LogP contribution in [0.1, 0.15) is 46.6 Å². The Morgan fingerprint density at radius 3 is 2.75 bits per heavy atom. The summed E-state index contributed by atoms with van der Waals surface area (Å²) in [5, 5.41) is 5.21. The van der Waals surface area contributed by atoms with Crippen LogP contribution in [0.4, 0.5) is 11.4 Å². The van der Waals surface area contributed by atoms with Crippen molar-refractivity contribution in [3.8, 4) is 0 Å². The summed E-state index contributed by atoms with van der Waals surface area (Å²) in [5.74, 6) is 0.774. The van der Waals surface area contributed by atoms with Crippen molar-refractivity contribution in [2.75, 3.05) is 42.9 Å². The summed E-state index contributed by atoms with van der Waals surface area (Å²) >= 11 is 1.75. The average molecular weight is 398 g/mol. The first-order chi connectivity index (χ1) is 13.5. The minimum Gasteiger partial charge on any atom is -0.369 e. The number of benzene rings is 1. The number of nitrogens with zero attached hydrogens (tertiary/aromatic N) is 2. The molecule has 1 fully saturated rings. The van der Waals surface area contributed by atoms with Crippen molar-refractivity contribution in [3.63, 3.8) is 0 Å². The summed E-state index contributed by atoms with van der Waals surface area (Å²) in [6.07, 6.45) is 3.33. The number of likely N-dealkylation sites (N-methyl/N-ethyl adjacent to an activating group) is 1. The second-order valence-corrected chi connectivity index (χ2v) is 9.24. The van der Waals surface area contributed by atoms with Crippen molar-refractivity contribution >= 4 is 28.6 Å². The molecule has 1 aliphatic carbocycles. The largest absolute Gasteiger partial charge is 0.369 e. The van der Waals surface area contributed by atoms with Gasteiger partial charge >= 0.3 is 0 Å². The number of aryl methyl sites for hydroxylation is 1. The predicted octanol–water partition coefficient (Wildman–Crippen LogP) is 4.58. The number of nitrogens with one attached hydrogen (secondary N) is 1. The van der Waals surface area contributed by atoms with E-state index >= 15 is 0 Å². The number of rotatable bonds is 4. The summed E-state index contributed by atoms with van der Waals surface area (Å²) in [6.45, 7) is 12.1. The number of hydrogen-bond donors (Lipinski definition) is 1. The fourth-order valence-corrected chi connectivity index (χ4v) is 5.61. The van der Waals surface area contributed by atoms with Crippen LogP contribution in [-0.4, -0.2) is 43.5 Å². The van der Waals surface area contributed by atoms with Gasteiger partial charge in [-0.3, -0.25) is 4.79 Å². The van der Waals surface area contributed by atoms with Gasteiger partial charge in [0, 0.05) is 47.8 Å². The molecule has 0 radical (unpaired) electrons. The van der Waals surface area contributed by atoms with Gasteiger partial charge in [0.2, 0.25) is 0 Å². The number of anilines is 2. The molecule has 1 unspecified atom stereocenters. The number of carbonyl (C=O) groups is 1. The van der Waals surface area contributed by atoms with Crippen molar-refractivity contribution in [2.45, 2.75) is 40.0 Å².